The fourth-order valence-electron chi connectivity index (χ4n) is 11.1. The lowest BCUT2D eigenvalue weighted by Crippen LogP contribution is -2.29. The highest BCUT2D eigenvalue weighted by atomic mass is 16.2. The van der Waals surface area contributed by atoms with Crippen LogP contribution in [0.15, 0.2) is 231 Å². The number of hydrogen-bond acceptors (Lipinski definition) is 2. The molecule has 14 rings (SSSR count). The van der Waals surface area contributed by atoms with Gasteiger partial charge in [-0.3, -0.25) is 9.59 Å². The van der Waals surface area contributed by atoms with Crippen LogP contribution in [0.2, 0.25) is 0 Å². The van der Waals surface area contributed by atoms with Crippen LogP contribution in [0.3, 0.4) is 0 Å². The molecule has 1 aliphatic rings. The van der Waals surface area contributed by atoms with E-state index in [2.05, 4.69) is 177 Å². The number of carbonyl (C=O) groups excluding carboxylic acids is 2. The van der Waals surface area contributed by atoms with Gasteiger partial charge in [0.15, 0.2) is 0 Å². The summed E-state index contributed by atoms with van der Waals surface area (Å²) < 4.78 is 6.97. The second-order valence-corrected chi connectivity index (χ2v) is 17.6. The highest BCUT2D eigenvalue weighted by molar-refractivity contribution is 6.36. The summed E-state index contributed by atoms with van der Waals surface area (Å²) in [6.45, 7) is 0. The lowest BCUT2D eigenvalue weighted by atomic mass is 9.97. The first-order valence-corrected chi connectivity index (χ1v) is 22.9. The van der Waals surface area contributed by atoms with Crippen molar-refractivity contribution in [2.24, 2.45) is 0 Å². The summed E-state index contributed by atoms with van der Waals surface area (Å²) in [6, 6.07) is 79.2. The van der Waals surface area contributed by atoms with Crippen LogP contribution >= 0.6 is 0 Å². The van der Waals surface area contributed by atoms with Crippen LogP contribution < -0.4 is 4.90 Å². The van der Waals surface area contributed by atoms with E-state index >= 15 is 9.59 Å². The first kappa shape index (κ1) is 38.1. The lowest BCUT2D eigenvalue weighted by molar-refractivity contribution is 0.0926. The van der Waals surface area contributed by atoms with Gasteiger partial charge in [-0.2, -0.15) is 0 Å². The quantitative estimate of drug-likeness (QED) is 0.156. The van der Waals surface area contributed by atoms with Crippen LogP contribution in [-0.2, 0) is 0 Å². The number of hydrogen-bond donors (Lipinski definition) is 0. The van der Waals surface area contributed by atoms with Crippen LogP contribution in [0, 0.1) is 0 Å². The molecular formula is C62H38N4O2. The molecule has 0 spiro atoms. The maximum Gasteiger partial charge on any atom is 0.268 e. The number of benzene rings is 10. The van der Waals surface area contributed by atoms with Crippen molar-refractivity contribution in [2.75, 3.05) is 4.90 Å². The predicted octanol–water partition coefficient (Wildman–Crippen LogP) is 15.1. The van der Waals surface area contributed by atoms with Gasteiger partial charge >= 0.3 is 0 Å². The van der Waals surface area contributed by atoms with Crippen LogP contribution in [0.25, 0.3) is 105 Å². The minimum atomic E-state index is -0.372. The van der Waals surface area contributed by atoms with Crippen LogP contribution in [-0.4, -0.2) is 25.5 Å². The van der Waals surface area contributed by atoms with E-state index in [4.69, 9.17) is 0 Å². The smallest absolute Gasteiger partial charge is 0.268 e. The van der Waals surface area contributed by atoms with E-state index in [9.17, 15) is 0 Å². The summed E-state index contributed by atoms with van der Waals surface area (Å²) in [4.78, 5) is 32.2. The molecular weight excluding hydrogens is 833 g/mol. The van der Waals surface area contributed by atoms with E-state index in [1.54, 1.807) is 6.07 Å². The number of rotatable bonds is 6. The zero-order chi connectivity index (χ0) is 45.0. The Morgan fingerprint density at radius 3 is 1.12 bits per heavy atom. The van der Waals surface area contributed by atoms with Crippen molar-refractivity contribution < 1.29 is 9.59 Å². The normalized spacial score (nSPS) is 12.7. The molecule has 0 saturated heterocycles. The molecule has 1 aliphatic heterocycles. The first-order valence-electron chi connectivity index (χ1n) is 22.9. The zero-order valence-electron chi connectivity index (χ0n) is 36.5. The average molecular weight is 871 g/mol. The summed E-state index contributed by atoms with van der Waals surface area (Å²) in [6.07, 6.45) is 0. The molecule has 2 amide bonds. The van der Waals surface area contributed by atoms with E-state index in [0.29, 0.717) is 22.5 Å². The predicted molar refractivity (Wildman–Crippen MR) is 278 cm³/mol. The summed E-state index contributed by atoms with van der Waals surface area (Å²) in [5.74, 6) is -0.731. The Labute approximate surface area is 390 Å². The fourth-order valence-corrected chi connectivity index (χ4v) is 11.1. The Morgan fingerprint density at radius 2 is 0.662 bits per heavy atom. The Balaban J connectivity index is 1.09. The van der Waals surface area contributed by atoms with Gasteiger partial charge in [0.25, 0.3) is 11.8 Å². The number of imide groups is 1. The third-order valence-electron chi connectivity index (χ3n) is 13.9. The van der Waals surface area contributed by atoms with E-state index < -0.39 is 0 Å². The van der Waals surface area contributed by atoms with Gasteiger partial charge in [0.05, 0.1) is 67.0 Å². The maximum atomic E-state index is 15.7. The molecule has 4 heterocycles. The van der Waals surface area contributed by atoms with Crippen molar-refractivity contribution in [2.45, 2.75) is 0 Å². The molecule has 0 atom stereocenters. The lowest BCUT2D eigenvalue weighted by Gasteiger charge is -2.19. The van der Waals surface area contributed by atoms with Crippen molar-refractivity contribution in [1.82, 2.24) is 13.7 Å². The molecule has 6 nitrogen and oxygen atoms in total. The number of carbonyl (C=O) groups is 2. The molecule has 6 heteroatoms. The molecule has 0 saturated carbocycles. The van der Waals surface area contributed by atoms with Gasteiger partial charge in [-0.15, -0.1) is 0 Å². The molecule has 0 bridgehead atoms. The zero-order valence-corrected chi connectivity index (χ0v) is 36.5. The van der Waals surface area contributed by atoms with Crippen molar-refractivity contribution >= 4 is 82.9 Å². The topological polar surface area (TPSA) is 52.2 Å². The Kier molecular flexibility index (Phi) is 8.18. The highest BCUT2D eigenvalue weighted by Gasteiger charge is 2.40. The highest BCUT2D eigenvalue weighted by Crippen LogP contribution is 2.45. The molecule has 3 aromatic heterocycles. The molecule has 318 valence electrons. The first-order chi connectivity index (χ1) is 33.6. The van der Waals surface area contributed by atoms with Gasteiger partial charge < -0.3 is 13.7 Å². The maximum absolute atomic E-state index is 15.7. The Bertz CT molecular complexity index is 3920. The standard InChI is InChI=1S/C62H38N4O2/c67-61-50-28-17-33-55(58(50)62(68)63(61)43-37-41(39-18-3-1-4-19-39)36-42(38-43)40-20-5-2-6-21-40)66-59-48(26-15-34-56(59)64-51-29-11-7-22-44(51)45-23-8-12-30-52(45)64)49-27-16-35-57(60(49)66)65-53-31-13-9-24-46(53)47-25-10-14-32-54(47)65/h1-38H. The number of amides is 2. The van der Waals surface area contributed by atoms with Gasteiger partial charge in [0.2, 0.25) is 0 Å². The molecule has 0 aliphatic carbocycles. The molecule has 68 heavy (non-hydrogen) atoms. The Morgan fingerprint density at radius 1 is 0.279 bits per heavy atom. The minimum Gasteiger partial charge on any atom is -0.307 e. The number of nitrogens with zero attached hydrogens (tertiary/aromatic N) is 4. The van der Waals surface area contributed by atoms with Gasteiger partial charge in [0.1, 0.15) is 0 Å². The minimum absolute atomic E-state index is 0.358. The number of para-hydroxylation sites is 6. The fraction of sp³-hybridized carbons (Fsp3) is 0. The second-order valence-electron chi connectivity index (χ2n) is 17.6. The number of aromatic nitrogens is 3. The molecule has 0 fully saturated rings. The van der Waals surface area contributed by atoms with E-state index in [1.807, 2.05) is 60.7 Å². The number of fused-ring (bicyclic) bond motifs is 10. The summed E-state index contributed by atoms with van der Waals surface area (Å²) in [5.41, 5.74) is 13.7. The summed E-state index contributed by atoms with van der Waals surface area (Å²) in [7, 11) is 0. The second kappa shape index (κ2) is 14.6. The number of anilines is 1. The molecule has 10 aromatic carbocycles. The Hall–Kier alpha value is -9.26. The van der Waals surface area contributed by atoms with Gasteiger partial charge in [-0.1, -0.05) is 164 Å². The van der Waals surface area contributed by atoms with Crippen molar-refractivity contribution in [3.8, 4) is 39.3 Å². The van der Waals surface area contributed by atoms with Crippen LogP contribution in [0.1, 0.15) is 20.7 Å². The summed E-state index contributed by atoms with van der Waals surface area (Å²) in [5, 5.41) is 6.65. The summed E-state index contributed by atoms with van der Waals surface area (Å²) >= 11 is 0. The average Bonchev–Trinajstić information content (AvgIpc) is 4.11. The third-order valence-corrected chi connectivity index (χ3v) is 13.9. The van der Waals surface area contributed by atoms with Crippen LogP contribution in [0.5, 0.6) is 0 Å². The molecule has 0 radical (unpaired) electrons. The van der Waals surface area contributed by atoms with Gasteiger partial charge in [-0.05, 0) is 89.0 Å². The van der Waals surface area contributed by atoms with Crippen molar-refractivity contribution in [1.29, 1.82) is 0 Å². The molecule has 13 aromatic rings. The van der Waals surface area contributed by atoms with E-state index in [1.165, 1.54) is 4.90 Å². The van der Waals surface area contributed by atoms with E-state index in [0.717, 1.165) is 99.0 Å². The van der Waals surface area contributed by atoms with Crippen molar-refractivity contribution in [3.05, 3.63) is 242 Å². The molecule has 0 unspecified atom stereocenters. The largest absolute Gasteiger partial charge is 0.307 e. The monoisotopic (exact) mass is 870 g/mol. The SMILES string of the molecule is O=C1c2cccc(-n3c4c(-n5c6ccccc6c6ccccc65)cccc4c4cccc(-n5c6ccccc6c6ccccc65)c43)c2C(=O)N1c1cc(-c2ccccc2)cc(-c2ccccc2)c1. The van der Waals surface area contributed by atoms with Crippen LogP contribution in [0.4, 0.5) is 5.69 Å². The van der Waals surface area contributed by atoms with E-state index in [-0.39, 0.29) is 11.8 Å². The third kappa shape index (κ3) is 5.40. The molecule has 0 N–H and O–H groups in total. The van der Waals surface area contributed by atoms with Gasteiger partial charge in [0, 0.05) is 32.3 Å². The van der Waals surface area contributed by atoms with Gasteiger partial charge in [-0.25, -0.2) is 4.90 Å². The van der Waals surface area contributed by atoms with Crippen molar-refractivity contribution in [3.63, 3.8) is 0 Å².